The minimum Gasteiger partial charge on any atom is -0.302 e. The molecule has 0 N–H and O–H groups in total. The average Bonchev–Trinajstić information content (AvgIpc) is 2.49. The minimum atomic E-state index is -0.578. The summed E-state index contributed by atoms with van der Waals surface area (Å²) in [6, 6.07) is 0. The highest BCUT2D eigenvalue weighted by atomic mass is 16.7. The van der Waals surface area contributed by atoms with Gasteiger partial charge in [0.2, 0.25) is 0 Å². The molecule has 4 heteroatoms. The van der Waals surface area contributed by atoms with Crippen molar-refractivity contribution >= 4 is 12.0 Å². The van der Waals surface area contributed by atoms with E-state index in [4.69, 9.17) is 0 Å². The van der Waals surface area contributed by atoms with Gasteiger partial charge in [-0.1, -0.05) is 70.8 Å². The first kappa shape index (κ1) is 19.6. The second-order valence-corrected chi connectivity index (χ2v) is 5.42. The van der Waals surface area contributed by atoms with E-state index in [0.29, 0.717) is 5.57 Å². The van der Waals surface area contributed by atoms with Gasteiger partial charge in [-0.15, -0.1) is 0 Å². The number of hydrogen-bond acceptors (Lipinski definition) is 4. The fourth-order valence-corrected chi connectivity index (χ4v) is 2.17. The van der Waals surface area contributed by atoms with E-state index in [1.807, 2.05) is 6.08 Å². The van der Waals surface area contributed by atoms with E-state index in [1.54, 1.807) is 6.92 Å². The third kappa shape index (κ3) is 13.3. The Morgan fingerprint density at radius 2 is 1.52 bits per heavy atom. The fraction of sp³-hybridized carbons (Fsp3) is 0.765. The zero-order chi connectivity index (χ0) is 15.8. The molecule has 0 unspecified atom stereocenters. The maximum Gasteiger partial charge on any atom is 0.362 e. The molecular weight excluding hydrogens is 266 g/mol. The van der Waals surface area contributed by atoms with E-state index in [1.165, 1.54) is 63.9 Å². The second-order valence-electron chi connectivity index (χ2n) is 5.42. The van der Waals surface area contributed by atoms with Crippen LogP contribution in [0.15, 0.2) is 16.8 Å². The third-order valence-electron chi connectivity index (χ3n) is 3.50. The zero-order valence-electron chi connectivity index (χ0n) is 13.5. The maximum absolute atomic E-state index is 11.3. The van der Waals surface area contributed by atoms with E-state index in [2.05, 4.69) is 16.9 Å². The fourth-order valence-electron chi connectivity index (χ4n) is 2.17. The smallest absolute Gasteiger partial charge is 0.302 e. The standard InChI is InChI=1S/C17H29NO3/c1-3-4-5-6-7-8-9-10-11-12-13-14-16(2)17(20)21-18-15-19/h14H,3-13H2,1-2H3. The van der Waals surface area contributed by atoms with Gasteiger partial charge in [0.1, 0.15) is 0 Å². The van der Waals surface area contributed by atoms with Crippen LogP contribution in [0.5, 0.6) is 0 Å². The molecule has 0 rings (SSSR count). The van der Waals surface area contributed by atoms with Crippen molar-refractivity contribution in [3.05, 3.63) is 11.6 Å². The van der Waals surface area contributed by atoms with Crippen LogP contribution in [0.1, 0.15) is 84.5 Å². The predicted molar refractivity (Wildman–Crippen MR) is 84.4 cm³/mol. The molecule has 0 atom stereocenters. The molecule has 4 nitrogen and oxygen atoms in total. The maximum atomic E-state index is 11.3. The van der Waals surface area contributed by atoms with Crippen LogP contribution in [0.2, 0.25) is 0 Å². The van der Waals surface area contributed by atoms with Crippen molar-refractivity contribution in [2.45, 2.75) is 84.5 Å². The Hall–Kier alpha value is -1.41. The lowest BCUT2D eigenvalue weighted by atomic mass is 10.1. The Kier molecular flexibility index (Phi) is 14.0. The highest BCUT2D eigenvalue weighted by molar-refractivity contribution is 5.87. The van der Waals surface area contributed by atoms with E-state index >= 15 is 0 Å². The van der Waals surface area contributed by atoms with Gasteiger partial charge in [0.25, 0.3) is 6.08 Å². The van der Waals surface area contributed by atoms with Crippen molar-refractivity contribution in [1.29, 1.82) is 0 Å². The normalized spacial score (nSPS) is 11.0. The van der Waals surface area contributed by atoms with E-state index < -0.39 is 5.97 Å². The summed E-state index contributed by atoms with van der Waals surface area (Å²) >= 11 is 0. The monoisotopic (exact) mass is 295 g/mol. The van der Waals surface area contributed by atoms with Gasteiger partial charge in [-0.2, -0.15) is 0 Å². The van der Waals surface area contributed by atoms with Gasteiger partial charge in [0.05, 0.1) is 0 Å². The first-order valence-corrected chi connectivity index (χ1v) is 8.17. The number of carbonyl (C=O) groups is 1. The Balaban J connectivity index is 3.42. The lowest BCUT2D eigenvalue weighted by Gasteiger charge is -2.01. The molecule has 0 spiro atoms. The summed E-state index contributed by atoms with van der Waals surface area (Å²) in [5.74, 6) is -0.578. The summed E-state index contributed by atoms with van der Waals surface area (Å²) in [7, 11) is 0. The van der Waals surface area contributed by atoms with Crippen molar-refractivity contribution in [3.8, 4) is 0 Å². The lowest BCUT2D eigenvalue weighted by Crippen LogP contribution is -2.00. The molecular formula is C17H29NO3. The first-order chi connectivity index (χ1) is 10.2. The Morgan fingerprint density at radius 1 is 1.00 bits per heavy atom. The summed E-state index contributed by atoms with van der Waals surface area (Å²) in [6.45, 7) is 3.91. The molecule has 0 radical (unpaired) electrons. The van der Waals surface area contributed by atoms with Gasteiger partial charge >= 0.3 is 5.97 Å². The van der Waals surface area contributed by atoms with Crippen molar-refractivity contribution < 1.29 is 14.4 Å². The van der Waals surface area contributed by atoms with Gasteiger partial charge in [-0.25, -0.2) is 9.59 Å². The Bertz CT molecular complexity index is 344. The van der Waals surface area contributed by atoms with Crippen LogP contribution in [0.25, 0.3) is 0 Å². The first-order valence-electron chi connectivity index (χ1n) is 8.17. The Labute approximate surface area is 128 Å². The van der Waals surface area contributed by atoms with Gasteiger partial charge < -0.3 is 4.84 Å². The molecule has 0 aliphatic heterocycles. The zero-order valence-corrected chi connectivity index (χ0v) is 13.5. The lowest BCUT2D eigenvalue weighted by molar-refractivity contribution is -0.138. The number of unbranched alkanes of at least 4 members (excludes halogenated alkanes) is 10. The molecule has 0 saturated carbocycles. The van der Waals surface area contributed by atoms with Crippen LogP contribution < -0.4 is 0 Å². The number of carbonyl (C=O) groups excluding carboxylic acids is 2. The summed E-state index contributed by atoms with van der Waals surface area (Å²) in [5.41, 5.74) is 0.491. The second kappa shape index (κ2) is 15.0. The summed E-state index contributed by atoms with van der Waals surface area (Å²) in [4.78, 5) is 25.4. The molecule has 0 bridgehead atoms. The Morgan fingerprint density at radius 3 is 2.05 bits per heavy atom. The van der Waals surface area contributed by atoms with E-state index in [0.717, 1.165) is 12.8 Å². The summed E-state index contributed by atoms with van der Waals surface area (Å²) in [6.07, 6.45) is 16.9. The van der Waals surface area contributed by atoms with Gasteiger partial charge in [0, 0.05) is 10.7 Å². The average molecular weight is 295 g/mol. The molecule has 0 aromatic carbocycles. The van der Waals surface area contributed by atoms with Gasteiger partial charge in [0.15, 0.2) is 0 Å². The van der Waals surface area contributed by atoms with Crippen LogP contribution in [-0.2, 0) is 14.4 Å². The van der Waals surface area contributed by atoms with Crippen molar-refractivity contribution in [2.24, 2.45) is 5.16 Å². The number of isocyanates is 1. The molecule has 21 heavy (non-hydrogen) atoms. The van der Waals surface area contributed by atoms with Crippen molar-refractivity contribution in [3.63, 3.8) is 0 Å². The van der Waals surface area contributed by atoms with Gasteiger partial charge in [-0.3, -0.25) is 0 Å². The highest BCUT2D eigenvalue weighted by Crippen LogP contribution is 2.12. The summed E-state index contributed by atoms with van der Waals surface area (Å²) < 4.78 is 0. The molecule has 0 fully saturated rings. The van der Waals surface area contributed by atoms with Crippen LogP contribution in [0.4, 0.5) is 0 Å². The van der Waals surface area contributed by atoms with E-state index in [9.17, 15) is 9.59 Å². The molecule has 120 valence electrons. The molecule has 0 heterocycles. The van der Waals surface area contributed by atoms with E-state index in [-0.39, 0.29) is 0 Å². The summed E-state index contributed by atoms with van der Waals surface area (Å²) in [5, 5.41) is 2.80. The molecule has 0 amide bonds. The number of nitrogens with zero attached hydrogens (tertiary/aromatic N) is 1. The largest absolute Gasteiger partial charge is 0.362 e. The quantitative estimate of drug-likeness (QED) is 0.119. The number of allylic oxidation sites excluding steroid dienone is 1. The van der Waals surface area contributed by atoms with Crippen LogP contribution in [0.3, 0.4) is 0 Å². The van der Waals surface area contributed by atoms with Crippen molar-refractivity contribution in [2.75, 3.05) is 0 Å². The molecule has 0 aromatic heterocycles. The number of rotatable bonds is 13. The molecule has 0 saturated heterocycles. The SMILES string of the molecule is CCCCCCCCCCCCC=C(C)C(=O)ON=C=O. The van der Waals surface area contributed by atoms with Crippen LogP contribution in [0, 0.1) is 0 Å². The number of hydrogen-bond donors (Lipinski definition) is 0. The van der Waals surface area contributed by atoms with Crippen molar-refractivity contribution in [1.82, 2.24) is 0 Å². The molecule has 0 aliphatic rings. The predicted octanol–water partition coefficient (Wildman–Crippen LogP) is 5.04. The third-order valence-corrected chi connectivity index (χ3v) is 3.50. The highest BCUT2D eigenvalue weighted by Gasteiger charge is 2.04. The topological polar surface area (TPSA) is 55.7 Å². The van der Waals surface area contributed by atoms with Gasteiger partial charge in [-0.05, 0) is 19.8 Å². The minimum absolute atomic E-state index is 0.491. The molecule has 0 aliphatic carbocycles. The van der Waals surface area contributed by atoms with Crippen LogP contribution in [-0.4, -0.2) is 12.0 Å². The molecule has 0 aromatic rings. The van der Waals surface area contributed by atoms with Crippen LogP contribution >= 0.6 is 0 Å².